The molecule has 1 aromatic heterocycles. The lowest BCUT2D eigenvalue weighted by atomic mass is 10.1. The normalized spacial score (nSPS) is 10.9. The van der Waals surface area contributed by atoms with Crippen LogP contribution in [0.4, 0.5) is 0 Å². The number of benzene rings is 1. The van der Waals surface area contributed by atoms with Gasteiger partial charge in [0.15, 0.2) is 5.78 Å². The van der Waals surface area contributed by atoms with Crippen LogP contribution in [0.1, 0.15) is 16.1 Å². The highest BCUT2D eigenvalue weighted by atomic mass is 35.5. The van der Waals surface area contributed by atoms with Gasteiger partial charge >= 0.3 is 0 Å². The lowest BCUT2D eigenvalue weighted by molar-refractivity contribution is 0.0979. The van der Waals surface area contributed by atoms with Gasteiger partial charge in [-0.1, -0.05) is 40.9 Å². The Morgan fingerprint density at radius 1 is 1.24 bits per heavy atom. The molecule has 0 unspecified atom stereocenters. The summed E-state index contributed by atoms with van der Waals surface area (Å²) in [5.74, 6) is -0.132. The van der Waals surface area contributed by atoms with Crippen molar-refractivity contribution in [1.82, 2.24) is 9.78 Å². The lowest BCUT2D eigenvalue weighted by Gasteiger charge is -2.07. The molecule has 0 atom stereocenters. The van der Waals surface area contributed by atoms with Gasteiger partial charge in [0, 0.05) is 13.5 Å². The Kier molecular flexibility index (Phi) is 5.65. The van der Waals surface area contributed by atoms with E-state index in [-0.39, 0.29) is 12.2 Å². The minimum atomic E-state index is -0.132. The highest BCUT2D eigenvalue weighted by molar-refractivity contribution is 6.42. The molecule has 0 aliphatic carbocycles. The second-order valence-corrected chi connectivity index (χ2v) is 5.63. The number of hydrogen-bond donors (Lipinski definition) is 0. The average molecular weight is 348 g/mol. The Labute approximate surface area is 137 Å². The minimum Gasteiger partial charge on any atom is -0.383 e. The molecule has 7 heteroatoms. The quantitative estimate of drug-likeness (QED) is 0.744. The van der Waals surface area contributed by atoms with Crippen LogP contribution in [0.25, 0.3) is 0 Å². The Morgan fingerprint density at radius 3 is 2.67 bits per heavy atom. The molecule has 21 heavy (non-hydrogen) atoms. The van der Waals surface area contributed by atoms with E-state index in [2.05, 4.69) is 5.10 Å². The number of methoxy groups -OCH3 is 1. The largest absolute Gasteiger partial charge is 0.383 e. The first-order valence-electron chi connectivity index (χ1n) is 6.20. The van der Waals surface area contributed by atoms with Gasteiger partial charge in [-0.05, 0) is 17.7 Å². The molecule has 0 fully saturated rings. The molecule has 1 heterocycles. The number of carbonyl (C=O) groups excluding carboxylic acids is 1. The summed E-state index contributed by atoms with van der Waals surface area (Å²) in [6, 6.07) is 5.10. The second-order valence-electron chi connectivity index (χ2n) is 4.41. The second kappa shape index (κ2) is 7.27. The van der Waals surface area contributed by atoms with Crippen molar-refractivity contribution in [2.75, 3.05) is 13.7 Å². The van der Waals surface area contributed by atoms with Crippen LogP contribution in [-0.4, -0.2) is 29.3 Å². The number of nitrogens with zero attached hydrogens (tertiary/aromatic N) is 2. The van der Waals surface area contributed by atoms with Crippen molar-refractivity contribution >= 4 is 40.6 Å². The summed E-state index contributed by atoms with van der Waals surface area (Å²) in [7, 11) is 1.59. The maximum absolute atomic E-state index is 12.4. The minimum absolute atomic E-state index is 0.132. The molecule has 0 bridgehead atoms. The molecule has 0 aliphatic heterocycles. The molecule has 0 amide bonds. The van der Waals surface area contributed by atoms with E-state index >= 15 is 0 Å². The van der Waals surface area contributed by atoms with Gasteiger partial charge in [-0.3, -0.25) is 9.48 Å². The standard InChI is InChI=1S/C14H13Cl3N2O2/c1-21-5-4-19-14(12(17)8-18-19)13(20)7-9-2-3-10(15)11(16)6-9/h2-3,6,8H,4-5,7H2,1H3. The summed E-state index contributed by atoms with van der Waals surface area (Å²) in [4.78, 5) is 12.4. The van der Waals surface area contributed by atoms with Gasteiger partial charge in [-0.25, -0.2) is 0 Å². The van der Waals surface area contributed by atoms with Gasteiger partial charge in [0.25, 0.3) is 0 Å². The molecule has 4 nitrogen and oxygen atoms in total. The maximum atomic E-state index is 12.4. The number of ether oxygens (including phenoxy) is 1. The summed E-state index contributed by atoms with van der Waals surface area (Å²) < 4.78 is 6.54. The van der Waals surface area contributed by atoms with E-state index in [0.29, 0.717) is 33.9 Å². The Balaban J connectivity index is 2.19. The molecule has 0 N–H and O–H groups in total. The van der Waals surface area contributed by atoms with E-state index in [1.54, 1.807) is 30.0 Å². The molecule has 0 spiro atoms. The fourth-order valence-electron chi connectivity index (χ4n) is 1.91. The summed E-state index contributed by atoms with van der Waals surface area (Å²) in [6.45, 7) is 0.913. The van der Waals surface area contributed by atoms with Crippen molar-refractivity contribution in [3.05, 3.63) is 50.7 Å². The zero-order valence-electron chi connectivity index (χ0n) is 11.3. The maximum Gasteiger partial charge on any atom is 0.186 e. The summed E-state index contributed by atoms with van der Waals surface area (Å²) in [5, 5.41) is 5.29. The van der Waals surface area contributed by atoms with Crippen LogP contribution in [0.15, 0.2) is 24.4 Å². The van der Waals surface area contributed by atoms with E-state index in [1.807, 2.05) is 0 Å². The Morgan fingerprint density at radius 2 is 2.00 bits per heavy atom. The Hall–Kier alpha value is -1.07. The van der Waals surface area contributed by atoms with Gasteiger partial charge in [0.2, 0.25) is 0 Å². The van der Waals surface area contributed by atoms with E-state index in [4.69, 9.17) is 39.5 Å². The number of rotatable bonds is 6. The predicted octanol–water partition coefficient (Wildman–Crippen LogP) is 3.92. The van der Waals surface area contributed by atoms with Crippen molar-refractivity contribution in [2.24, 2.45) is 0 Å². The van der Waals surface area contributed by atoms with E-state index in [9.17, 15) is 4.79 Å². The first-order chi connectivity index (χ1) is 10.0. The van der Waals surface area contributed by atoms with Gasteiger partial charge in [-0.2, -0.15) is 5.10 Å². The number of ketones is 1. The van der Waals surface area contributed by atoms with Crippen LogP contribution in [0.5, 0.6) is 0 Å². The van der Waals surface area contributed by atoms with E-state index < -0.39 is 0 Å². The first-order valence-corrected chi connectivity index (χ1v) is 7.33. The van der Waals surface area contributed by atoms with Gasteiger partial charge in [0.05, 0.1) is 34.4 Å². The van der Waals surface area contributed by atoms with Crippen molar-refractivity contribution < 1.29 is 9.53 Å². The van der Waals surface area contributed by atoms with Crippen molar-refractivity contribution in [2.45, 2.75) is 13.0 Å². The number of carbonyl (C=O) groups is 1. The smallest absolute Gasteiger partial charge is 0.186 e. The van der Waals surface area contributed by atoms with Gasteiger partial charge in [0.1, 0.15) is 5.69 Å². The molecule has 0 radical (unpaired) electrons. The van der Waals surface area contributed by atoms with Crippen molar-refractivity contribution in [3.8, 4) is 0 Å². The zero-order valence-corrected chi connectivity index (χ0v) is 13.5. The molecule has 2 aromatic rings. The van der Waals surface area contributed by atoms with E-state index in [1.165, 1.54) is 6.20 Å². The van der Waals surface area contributed by atoms with Gasteiger partial charge < -0.3 is 4.74 Å². The predicted molar refractivity (Wildman–Crippen MR) is 83.6 cm³/mol. The third kappa shape index (κ3) is 3.98. The molecule has 2 rings (SSSR count). The topological polar surface area (TPSA) is 44.1 Å². The summed E-state index contributed by atoms with van der Waals surface area (Å²) in [6.07, 6.45) is 1.63. The van der Waals surface area contributed by atoms with Crippen LogP contribution in [-0.2, 0) is 17.7 Å². The van der Waals surface area contributed by atoms with Crippen molar-refractivity contribution in [1.29, 1.82) is 0 Å². The van der Waals surface area contributed by atoms with Crippen molar-refractivity contribution in [3.63, 3.8) is 0 Å². The number of halogens is 3. The molecule has 0 aliphatic rings. The number of hydrogen-bond acceptors (Lipinski definition) is 3. The molecule has 112 valence electrons. The summed E-state index contributed by atoms with van der Waals surface area (Å²) in [5.41, 5.74) is 1.14. The molecule has 1 aromatic carbocycles. The average Bonchev–Trinajstić information content (AvgIpc) is 2.81. The molecule has 0 saturated heterocycles. The van der Waals surface area contributed by atoms with Gasteiger partial charge in [-0.15, -0.1) is 0 Å². The van der Waals surface area contributed by atoms with Crippen LogP contribution in [0.2, 0.25) is 15.1 Å². The van der Waals surface area contributed by atoms with Crippen LogP contribution in [0, 0.1) is 0 Å². The summed E-state index contributed by atoms with van der Waals surface area (Å²) >= 11 is 17.9. The third-order valence-corrected chi connectivity index (χ3v) is 3.93. The molecular formula is C14H13Cl3N2O2. The SMILES string of the molecule is COCCn1ncc(Cl)c1C(=O)Cc1ccc(Cl)c(Cl)c1. The zero-order chi connectivity index (χ0) is 15.4. The number of aromatic nitrogens is 2. The van der Waals surface area contributed by atoms with Crippen LogP contribution >= 0.6 is 34.8 Å². The highest BCUT2D eigenvalue weighted by Crippen LogP contribution is 2.24. The highest BCUT2D eigenvalue weighted by Gasteiger charge is 2.18. The lowest BCUT2D eigenvalue weighted by Crippen LogP contribution is -2.15. The first kappa shape index (κ1) is 16.3. The van der Waals surface area contributed by atoms with E-state index in [0.717, 1.165) is 5.56 Å². The number of Topliss-reactive ketones (excluding diaryl/α,β-unsaturated/α-hetero) is 1. The Bertz CT molecular complexity index is 656. The third-order valence-electron chi connectivity index (χ3n) is 2.91. The molecule has 0 saturated carbocycles. The van der Waals surface area contributed by atoms with Crippen LogP contribution < -0.4 is 0 Å². The van der Waals surface area contributed by atoms with Crippen LogP contribution in [0.3, 0.4) is 0 Å². The monoisotopic (exact) mass is 346 g/mol. The fourth-order valence-corrected chi connectivity index (χ4v) is 2.47. The molecular weight excluding hydrogens is 335 g/mol. The fraction of sp³-hybridized carbons (Fsp3) is 0.286.